The van der Waals surface area contributed by atoms with E-state index in [0.29, 0.717) is 38.3 Å². The van der Waals surface area contributed by atoms with Gasteiger partial charge in [-0.25, -0.2) is 0 Å². The number of hydrogen-bond acceptors (Lipinski definition) is 5. The van der Waals surface area contributed by atoms with E-state index < -0.39 is 0 Å². The summed E-state index contributed by atoms with van der Waals surface area (Å²) in [6.07, 6.45) is 0.905. The number of carbonyl (C=O) groups is 2. The first-order valence-corrected chi connectivity index (χ1v) is 6.98. The maximum atomic E-state index is 11.9. The van der Waals surface area contributed by atoms with Crippen LogP contribution in [0.2, 0.25) is 0 Å². The third-order valence-corrected chi connectivity index (χ3v) is 3.61. The molecule has 6 nitrogen and oxygen atoms in total. The number of carbonyl (C=O) groups excluding carboxylic acids is 2. The topological polar surface area (TPSA) is 65.1 Å². The number of hydrogen-bond donors (Lipinski definition) is 0. The van der Waals surface area contributed by atoms with Gasteiger partial charge in [-0.2, -0.15) is 0 Å². The Kier molecular flexibility index (Phi) is 4.06. The lowest BCUT2D eigenvalue weighted by Crippen LogP contribution is -2.40. The number of ether oxygens (including phenoxy) is 3. The standard InChI is InChI=1S/C15H17NO5/c17-12-3-5-16(6-4-12)15(18)9-19-8-11-1-2-13-14(7-11)21-10-20-13/h1-2,7H,3-6,8-10H2. The third-order valence-electron chi connectivity index (χ3n) is 3.61. The monoisotopic (exact) mass is 291 g/mol. The molecule has 6 heteroatoms. The molecule has 0 unspecified atom stereocenters. The first-order valence-electron chi connectivity index (χ1n) is 6.98. The van der Waals surface area contributed by atoms with Gasteiger partial charge < -0.3 is 19.1 Å². The van der Waals surface area contributed by atoms with Crippen LogP contribution in [-0.4, -0.2) is 43.1 Å². The summed E-state index contributed by atoms with van der Waals surface area (Å²) < 4.78 is 16.0. The van der Waals surface area contributed by atoms with E-state index >= 15 is 0 Å². The molecule has 0 spiro atoms. The molecular weight excluding hydrogens is 274 g/mol. The summed E-state index contributed by atoms with van der Waals surface area (Å²) in [5.41, 5.74) is 0.931. The maximum absolute atomic E-state index is 11.9. The van der Waals surface area contributed by atoms with Gasteiger partial charge in [0.25, 0.3) is 0 Å². The fourth-order valence-corrected chi connectivity index (χ4v) is 2.38. The van der Waals surface area contributed by atoms with Gasteiger partial charge in [-0.05, 0) is 17.7 Å². The van der Waals surface area contributed by atoms with Gasteiger partial charge in [-0.1, -0.05) is 6.07 Å². The molecule has 1 fully saturated rings. The number of benzene rings is 1. The van der Waals surface area contributed by atoms with Gasteiger partial charge >= 0.3 is 0 Å². The Morgan fingerprint density at radius 3 is 2.76 bits per heavy atom. The minimum absolute atomic E-state index is 0.0304. The Hall–Kier alpha value is -2.08. The quantitative estimate of drug-likeness (QED) is 0.832. The van der Waals surface area contributed by atoms with Crippen molar-refractivity contribution in [2.24, 2.45) is 0 Å². The average Bonchev–Trinajstić information content (AvgIpc) is 2.95. The molecule has 112 valence electrons. The summed E-state index contributed by atoms with van der Waals surface area (Å²) in [7, 11) is 0. The highest BCUT2D eigenvalue weighted by Gasteiger charge is 2.20. The van der Waals surface area contributed by atoms with Crippen LogP contribution in [0.4, 0.5) is 0 Å². The number of ketones is 1. The summed E-state index contributed by atoms with van der Waals surface area (Å²) in [5.74, 6) is 1.59. The molecule has 2 heterocycles. The van der Waals surface area contributed by atoms with Gasteiger partial charge in [0.05, 0.1) is 6.61 Å². The van der Waals surface area contributed by atoms with Gasteiger partial charge in [-0.3, -0.25) is 9.59 Å². The molecule has 1 saturated heterocycles. The van der Waals surface area contributed by atoms with Crippen LogP contribution in [0.1, 0.15) is 18.4 Å². The first-order chi connectivity index (χ1) is 10.2. The van der Waals surface area contributed by atoms with Gasteiger partial charge in [0.15, 0.2) is 11.5 Å². The molecule has 1 aromatic rings. The second-order valence-electron chi connectivity index (χ2n) is 5.10. The van der Waals surface area contributed by atoms with E-state index in [1.165, 1.54) is 0 Å². The highest BCUT2D eigenvalue weighted by molar-refractivity contribution is 5.83. The smallest absolute Gasteiger partial charge is 0.248 e. The van der Waals surface area contributed by atoms with Crippen LogP contribution in [0.15, 0.2) is 18.2 Å². The molecule has 1 aromatic carbocycles. The van der Waals surface area contributed by atoms with E-state index in [4.69, 9.17) is 14.2 Å². The Bertz CT molecular complexity index is 547. The number of rotatable bonds is 4. The SMILES string of the molecule is O=C1CCN(C(=O)COCc2ccc3c(c2)OCO3)CC1. The fourth-order valence-electron chi connectivity index (χ4n) is 2.38. The molecule has 0 aromatic heterocycles. The second kappa shape index (κ2) is 6.13. The number of piperidine rings is 1. The van der Waals surface area contributed by atoms with Crippen molar-refractivity contribution < 1.29 is 23.8 Å². The molecule has 0 aliphatic carbocycles. The zero-order valence-electron chi connectivity index (χ0n) is 11.7. The molecule has 0 radical (unpaired) electrons. The van der Waals surface area contributed by atoms with E-state index in [9.17, 15) is 9.59 Å². The average molecular weight is 291 g/mol. The van der Waals surface area contributed by atoms with Crippen LogP contribution < -0.4 is 9.47 Å². The van der Waals surface area contributed by atoms with E-state index in [1.807, 2.05) is 18.2 Å². The van der Waals surface area contributed by atoms with Crippen LogP contribution >= 0.6 is 0 Å². The largest absolute Gasteiger partial charge is 0.454 e. The zero-order valence-corrected chi connectivity index (χ0v) is 11.7. The lowest BCUT2D eigenvalue weighted by Gasteiger charge is -2.25. The van der Waals surface area contributed by atoms with Crippen molar-refractivity contribution >= 4 is 11.7 Å². The van der Waals surface area contributed by atoms with E-state index in [-0.39, 0.29) is 25.1 Å². The minimum Gasteiger partial charge on any atom is -0.454 e. The highest BCUT2D eigenvalue weighted by atomic mass is 16.7. The van der Waals surface area contributed by atoms with Crippen molar-refractivity contribution in [1.82, 2.24) is 4.90 Å². The lowest BCUT2D eigenvalue weighted by atomic mass is 10.1. The molecular formula is C15H17NO5. The van der Waals surface area contributed by atoms with Crippen LogP contribution in [0, 0.1) is 0 Å². The van der Waals surface area contributed by atoms with Gasteiger partial charge in [0, 0.05) is 25.9 Å². The number of likely N-dealkylation sites (tertiary alicyclic amines) is 1. The fraction of sp³-hybridized carbons (Fsp3) is 0.467. The molecule has 0 atom stereocenters. The van der Waals surface area contributed by atoms with E-state index in [2.05, 4.69) is 0 Å². The predicted octanol–water partition coefficient (Wildman–Crippen LogP) is 1.12. The van der Waals surface area contributed by atoms with E-state index in [0.717, 1.165) is 11.3 Å². The lowest BCUT2D eigenvalue weighted by molar-refractivity contribution is -0.139. The summed E-state index contributed by atoms with van der Waals surface area (Å²) in [4.78, 5) is 24.7. The maximum Gasteiger partial charge on any atom is 0.248 e. The Morgan fingerprint density at radius 1 is 1.19 bits per heavy atom. The molecule has 0 N–H and O–H groups in total. The van der Waals surface area contributed by atoms with Crippen molar-refractivity contribution in [2.45, 2.75) is 19.4 Å². The van der Waals surface area contributed by atoms with Crippen molar-refractivity contribution in [2.75, 3.05) is 26.5 Å². The first kappa shape index (κ1) is 13.9. The number of Topliss-reactive ketones (excluding diaryl/α,β-unsaturated/α-hetero) is 1. The van der Waals surface area contributed by atoms with Gasteiger partial charge in [0.2, 0.25) is 12.7 Å². The zero-order chi connectivity index (χ0) is 14.7. The summed E-state index contributed by atoms with van der Waals surface area (Å²) in [6.45, 7) is 1.62. The molecule has 0 bridgehead atoms. The van der Waals surface area contributed by atoms with Crippen molar-refractivity contribution in [3.63, 3.8) is 0 Å². The van der Waals surface area contributed by atoms with Crippen molar-refractivity contribution in [3.8, 4) is 11.5 Å². The van der Waals surface area contributed by atoms with Crippen molar-refractivity contribution in [1.29, 1.82) is 0 Å². The van der Waals surface area contributed by atoms with Crippen LogP contribution in [0.25, 0.3) is 0 Å². The van der Waals surface area contributed by atoms with Gasteiger partial charge in [0.1, 0.15) is 12.4 Å². The van der Waals surface area contributed by atoms with E-state index in [1.54, 1.807) is 4.90 Å². The Morgan fingerprint density at radius 2 is 1.95 bits per heavy atom. The molecule has 2 aliphatic heterocycles. The Labute approximate surface area is 122 Å². The van der Waals surface area contributed by atoms with Crippen LogP contribution in [-0.2, 0) is 20.9 Å². The summed E-state index contributed by atoms with van der Waals surface area (Å²) >= 11 is 0. The van der Waals surface area contributed by atoms with Crippen LogP contribution in [0.3, 0.4) is 0 Å². The van der Waals surface area contributed by atoms with Gasteiger partial charge in [-0.15, -0.1) is 0 Å². The molecule has 3 rings (SSSR count). The number of fused-ring (bicyclic) bond motifs is 1. The Balaban J connectivity index is 1.45. The highest BCUT2D eigenvalue weighted by Crippen LogP contribution is 2.32. The normalized spacial score (nSPS) is 17.1. The molecule has 1 amide bonds. The third kappa shape index (κ3) is 3.33. The summed E-state index contributed by atoms with van der Waals surface area (Å²) in [6, 6.07) is 5.57. The molecule has 21 heavy (non-hydrogen) atoms. The molecule has 0 saturated carbocycles. The number of amides is 1. The molecule has 2 aliphatic rings. The second-order valence-corrected chi connectivity index (χ2v) is 5.10. The predicted molar refractivity (Wildman–Crippen MR) is 73.0 cm³/mol. The van der Waals surface area contributed by atoms with Crippen LogP contribution in [0.5, 0.6) is 11.5 Å². The van der Waals surface area contributed by atoms with Crippen molar-refractivity contribution in [3.05, 3.63) is 23.8 Å². The number of nitrogens with zero attached hydrogens (tertiary/aromatic N) is 1. The minimum atomic E-state index is -0.0664. The summed E-state index contributed by atoms with van der Waals surface area (Å²) in [5, 5.41) is 0.